The summed E-state index contributed by atoms with van der Waals surface area (Å²) in [6.07, 6.45) is 1.88. The highest BCUT2D eigenvalue weighted by Crippen LogP contribution is 2.44. The number of ether oxygens (including phenoxy) is 1. The van der Waals surface area contributed by atoms with Gasteiger partial charge in [-0.1, -0.05) is 30.3 Å². The van der Waals surface area contributed by atoms with E-state index >= 15 is 0 Å². The summed E-state index contributed by atoms with van der Waals surface area (Å²) in [5.74, 6) is 0.557. The minimum atomic E-state index is -0.209. The summed E-state index contributed by atoms with van der Waals surface area (Å²) in [6, 6.07) is 15.2. The average Bonchev–Trinajstić information content (AvgIpc) is 2.56. The van der Waals surface area contributed by atoms with E-state index in [-0.39, 0.29) is 11.2 Å². The van der Waals surface area contributed by atoms with Crippen LogP contribution in [0.3, 0.4) is 0 Å². The van der Waals surface area contributed by atoms with Crippen molar-refractivity contribution in [1.82, 2.24) is 5.32 Å². The summed E-state index contributed by atoms with van der Waals surface area (Å²) in [5.41, 5.74) is 2.01. The summed E-state index contributed by atoms with van der Waals surface area (Å²) in [7, 11) is 1.65. The number of hydrogen-bond donors (Lipinski definition) is 1. The summed E-state index contributed by atoms with van der Waals surface area (Å²) in [6.45, 7) is 1.85. The van der Waals surface area contributed by atoms with Crippen LogP contribution in [-0.4, -0.2) is 20.2 Å². The van der Waals surface area contributed by atoms with Gasteiger partial charge in [-0.2, -0.15) is 0 Å². The maximum absolute atomic E-state index is 13.9. The van der Waals surface area contributed by atoms with Crippen molar-refractivity contribution in [3.05, 3.63) is 65.5 Å². The molecule has 0 amide bonds. The third-order valence-electron chi connectivity index (χ3n) is 4.46. The predicted octanol–water partition coefficient (Wildman–Crippen LogP) is 3.50. The first kappa shape index (κ1) is 14.1. The van der Waals surface area contributed by atoms with Crippen LogP contribution >= 0.6 is 0 Å². The molecule has 0 spiro atoms. The van der Waals surface area contributed by atoms with Crippen molar-refractivity contribution in [3.63, 3.8) is 0 Å². The zero-order chi connectivity index (χ0) is 14.7. The molecule has 1 fully saturated rings. The van der Waals surface area contributed by atoms with Crippen molar-refractivity contribution in [3.8, 4) is 5.75 Å². The number of halogens is 1. The number of rotatable bonds is 3. The lowest BCUT2D eigenvalue weighted by Crippen LogP contribution is -2.41. The minimum absolute atomic E-state index is 0.181. The van der Waals surface area contributed by atoms with Gasteiger partial charge in [-0.05, 0) is 49.7 Å². The lowest BCUT2D eigenvalue weighted by Gasteiger charge is -2.39. The average molecular weight is 285 g/mol. The number of methoxy groups -OCH3 is 1. The normalized spacial score (nSPS) is 17.4. The molecule has 1 aliphatic rings. The number of nitrogens with one attached hydrogen (secondary N) is 1. The van der Waals surface area contributed by atoms with Gasteiger partial charge in [0.15, 0.2) is 0 Å². The van der Waals surface area contributed by atoms with Gasteiger partial charge in [0.25, 0.3) is 0 Å². The Kier molecular flexibility index (Phi) is 3.93. The molecule has 21 heavy (non-hydrogen) atoms. The molecule has 0 aromatic heterocycles. The summed E-state index contributed by atoms with van der Waals surface area (Å²) in [5, 5.41) is 3.40. The molecule has 110 valence electrons. The van der Waals surface area contributed by atoms with Crippen molar-refractivity contribution >= 4 is 0 Å². The van der Waals surface area contributed by atoms with Gasteiger partial charge >= 0.3 is 0 Å². The Hall–Kier alpha value is -1.87. The smallest absolute Gasteiger partial charge is 0.123 e. The lowest BCUT2D eigenvalue weighted by molar-refractivity contribution is 0.337. The topological polar surface area (TPSA) is 21.3 Å². The molecule has 2 nitrogen and oxygen atoms in total. The molecule has 0 radical (unpaired) electrons. The Labute approximate surface area is 125 Å². The maximum atomic E-state index is 13.9. The van der Waals surface area contributed by atoms with E-state index in [1.807, 2.05) is 18.2 Å². The third kappa shape index (κ3) is 2.54. The van der Waals surface area contributed by atoms with Crippen LogP contribution in [0.4, 0.5) is 4.39 Å². The SMILES string of the molecule is COc1ccc(F)cc1C1(c2ccccc2)CCNCC1. The largest absolute Gasteiger partial charge is 0.496 e. The van der Waals surface area contributed by atoms with E-state index in [1.54, 1.807) is 19.2 Å². The maximum Gasteiger partial charge on any atom is 0.123 e. The molecule has 1 aliphatic heterocycles. The van der Waals surface area contributed by atoms with E-state index in [0.717, 1.165) is 37.2 Å². The molecule has 0 bridgehead atoms. The molecule has 1 saturated heterocycles. The molecule has 0 aliphatic carbocycles. The van der Waals surface area contributed by atoms with Crippen LogP contribution in [0.2, 0.25) is 0 Å². The Morgan fingerprint density at radius 1 is 1.05 bits per heavy atom. The molecule has 2 aromatic carbocycles. The van der Waals surface area contributed by atoms with Gasteiger partial charge in [-0.25, -0.2) is 4.39 Å². The summed E-state index contributed by atoms with van der Waals surface area (Å²) >= 11 is 0. The van der Waals surface area contributed by atoms with Crippen LogP contribution in [0.1, 0.15) is 24.0 Å². The van der Waals surface area contributed by atoms with Crippen molar-refractivity contribution < 1.29 is 9.13 Å². The fourth-order valence-electron chi connectivity index (χ4n) is 3.38. The van der Waals surface area contributed by atoms with E-state index in [0.29, 0.717) is 0 Å². The van der Waals surface area contributed by atoms with Crippen molar-refractivity contribution in [2.75, 3.05) is 20.2 Å². The highest BCUT2D eigenvalue weighted by Gasteiger charge is 2.38. The van der Waals surface area contributed by atoms with Gasteiger partial charge in [0, 0.05) is 11.0 Å². The molecular formula is C18H20FNO. The van der Waals surface area contributed by atoms with Crippen LogP contribution in [-0.2, 0) is 5.41 Å². The molecule has 0 atom stereocenters. The number of benzene rings is 2. The van der Waals surface area contributed by atoms with E-state index in [9.17, 15) is 4.39 Å². The first-order valence-electron chi connectivity index (χ1n) is 7.36. The Morgan fingerprint density at radius 2 is 1.76 bits per heavy atom. The highest BCUT2D eigenvalue weighted by molar-refractivity contribution is 5.48. The molecule has 0 unspecified atom stereocenters. The van der Waals surface area contributed by atoms with Crippen molar-refractivity contribution in [2.45, 2.75) is 18.3 Å². The molecule has 3 rings (SSSR count). The van der Waals surface area contributed by atoms with Gasteiger partial charge in [0.05, 0.1) is 7.11 Å². The number of piperidine rings is 1. The van der Waals surface area contributed by atoms with Gasteiger partial charge in [-0.15, -0.1) is 0 Å². The molecule has 3 heteroatoms. The zero-order valence-electron chi connectivity index (χ0n) is 12.2. The summed E-state index contributed by atoms with van der Waals surface area (Å²) < 4.78 is 19.4. The Morgan fingerprint density at radius 3 is 2.43 bits per heavy atom. The van der Waals surface area contributed by atoms with E-state index in [4.69, 9.17) is 4.74 Å². The standard InChI is InChI=1S/C18H20FNO/c1-21-17-8-7-15(19)13-16(17)18(9-11-20-12-10-18)14-5-3-2-4-6-14/h2-8,13,20H,9-12H2,1H3. The Bertz CT molecular complexity index is 606. The van der Waals surface area contributed by atoms with Crippen LogP contribution in [0.15, 0.2) is 48.5 Å². The molecule has 0 saturated carbocycles. The fourth-order valence-corrected chi connectivity index (χ4v) is 3.38. The van der Waals surface area contributed by atoms with Crippen LogP contribution < -0.4 is 10.1 Å². The molecule has 1 heterocycles. The predicted molar refractivity (Wildman–Crippen MR) is 82.3 cm³/mol. The van der Waals surface area contributed by atoms with Gasteiger partial charge in [0.2, 0.25) is 0 Å². The van der Waals surface area contributed by atoms with Crippen LogP contribution in [0, 0.1) is 5.82 Å². The first-order valence-corrected chi connectivity index (χ1v) is 7.36. The van der Waals surface area contributed by atoms with Gasteiger partial charge in [-0.3, -0.25) is 0 Å². The Balaban J connectivity index is 2.19. The monoisotopic (exact) mass is 285 g/mol. The number of hydrogen-bond acceptors (Lipinski definition) is 2. The van der Waals surface area contributed by atoms with Crippen LogP contribution in [0.25, 0.3) is 0 Å². The van der Waals surface area contributed by atoms with Gasteiger partial charge in [0.1, 0.15) is 11.6 Å². The first-order chi connectivity index (χ1) is 10.3. The molecule has 2 aromatic rings. The van der Waals surface area contributed by atoms with E-state index in [1.165, 1.54) is 11.6 Å². The molecular weight excluding hydrogens is 265 g/mol. The second kappa shape index (κ2) is 5.86. The van der Waals surface area contributed by atoms with Crippen molar-refractivity contribution in [1.29, 1.82) is 0 Å². The highest BCUT2D eigenvalue weighted by atomic mass is 19.1. The van der Waals surface area contributed by atoms with Crippen LogP contribution in [0.5, 0.6) is 5.75 Å². The second-order valence-electron chi connectivity index (χ2n) is 5.54. The fraction of sp³-hybridized carbons (Fsp3) is 0.333. The quantitative estimate of drug-likeness (QED) is 0.932. The third-order valence-corrected chi connectivity index (χ3v) is 4.46. The minimum Gasteiger partial charge on any atom is -0.496 e. The van der Waals surface area contributed by atoms with Crippen molar-refractivity contribution in [2.24, 2.45) is 0 Å². The lowest BCUT2D eigenvalue weighted by atomic mass is 9.68. The zero-order valence-corrected chi connectivity index (χ0v) is 12.2. The summed E-state index contributed by atoms with van der Waals surface area (Å²) in [4.78, 5) is 0. The van der Waals surface area contributed by atoms with E-state index < -0.39 is 0 Å². The second-order valence-corrected chi connectivity index (χ2v) is 5.54. The van der Waals surface area contributed by atoms with E-state index in [2.05, 4.69) is 17.4 Å². The van der Waals surface area contributed by atoms with Gasteiger partial charge < -0.3 is 10.1 Å². The molecule has 1 N–H and O–H groups in total.